The van der Waals surface area contributed by atoms with Crippen LogP contribution < -0.4 is 15.4 Å². The molecule has 0 spiro atoms. The summed E-state index contributed by atoms with van der Waals surface area (Å²) in [6.07, 6.45) is 0.266. The third kappa shape index (κ3) is 2.83. The van der Waals surface area contributed by atoms with Crippen molar-refractivity contribution >= 4 is 23.2 Å². The number of aromatic nitrogens is 2. The number of benzene rings is 2. The van der Waals surface area contributed by atoms with Gasteiger partial charge < -0.3 is 20.5 Å². The lowest BCUT2D eigenvalue weighted by atomic mass is 9.86. The van der Waals surface area contributed by atoms with Crippen molar-refractivity contribution in [1.29, 1.82) is 0 Å². The normalized spacial score (nSPS) is 15.9. The van der Waals surface area contributed by atoms with E-state index in [2.05, 4.69) is 20.8 Å². The largest absolute Gasteiger partial charge is 0.504 e. The molecule has 7 nitrogen and oxygen atoms in total. The molecule has 7 heteroatoms. The van der Waals surface area contributed by atoms with E-state index in [-0.39, 0.29) is 24.0 Å². The predicted octanol–water partition coefficient (Wildman–Crippen LogP) is 3.34. The lowest BCUT2D eigenvalue weighted by Crippen LogP contribution is -2.23. The van der Waals surface area contributed by atoms with Gasteiger partial charge in [-0.1, -0.05) is 24.3 Å². The second kappa shape index (κ2) is 6.44. The second-order valence-corrected chi connectivity index (χ2v) is 6.09. The summed E-state index contributed by atoms with van der Waals surface area (Å²) in [6, 6.07) is 14.9. The van der Waals surface area contributed by atoms with Gasteiger partial charge in [0.2, 0.25) is 5.91 Å². The summed E-state index contributed by atoms with van der Waals surface area (Å²) in [5.74, 6) is 1.30. The Morgan fingerprint density at radius 2 is 2.04 bits per heavy atom. The Bertz CT molecular complexity index is 953. The van der Waals surface area contributed by atoms with Crippen molar-refractivity contribution in [3.8, 4) is 11.5 Å². The number of hydrogen-bond acceptors (Lipinski definition) is 5. The number of aromatic hydroxyl groups is 1. The first-order valence-electron chi connectivity index (χ1n) is 8.23. The van der Waals surface area contributed by atoms with Gasteiger partial charge in [-0.3, -0.25) is 9.89 Å². The molecule has 0 unspecified atom stereocenters. The Morgan fingerprint density at radius 1 is 1.23 bits per heavy atom. The predicted molar refractivity (Wildman–Crippen MR) is 98.1 cm³/mol. The van der Waals surface area contributed by atoms with Crippen molar-refractivity contribution < 1.29 is 14.6 Å². The molecular formula is C19H18N4O3. The number of carbonyl (C=O) groups excluding carboxylic acids is 1. The number of amides is 1. The van der Waals surface area contributed by atoms with Gasteiger partial charge >= 0.3 is 0 Å². The summed E-state index contributed by atoms with van der Waals surface area (Å²) in [4.78, 5) is 12.1. The average Bonchev–Trinajstić information content (AvgIpc) is 3.04. The van der Waals surface area contributed by atoms with E-state index in [4.69, 9.17) is 4.74 Å². The number of hydrogen-bond donors (Lipinski definition) is 4. The highest BCUT2D eigenvalue weighted by atomic mass is 16.5. The van der Waals surface area contributed by atoms with E-state index >= 15 is 0 Å². The number of H-pyrrole nitrogens is 1. The van der Waals surface area contributed by atoms with Crippen LogP contribution in [0.5, 0.6) is 11.5 Å². The summed E-state index contributed by atoms with van der Waals surface area (Å²) < 4.78 is 5.11. The molecule has 1 atom stereocenters. The SMILES string of the molecule is COc1ccc([C@H]2CC(=O)Nc3n[nH]c(Nc4ccccc4)c32)cc1O. The Labute approximate surface area is 150 Å². The van der Waals surface area contributed by atoms with Gasteiger partial charge in [0.15, 0.2) is 17.3 Å². The van der Waals surface area contributed by atoms with Crippen LogP contribution in [0.25, 0.3) is 0 Å². The highest BCUT2D eigenvalue weighted by Crippen LogP contribution is 2.42. The molecule has 1 aliphatic rings. The molecule has 1 aromatic heterocycles. The molecule has 0 bridgehead atoms. The zero-order valence-electron chi connectivity index (χ0n) is 14.1. The van der Waals surface area contributed by atoms with Crippen molar-refractivity contribution in [3.05, 3.63) is 59.7 Å². The highest BCUT2D eigenvalue weighted by molar-refractivity contribution is 5.95. The number of anilines is 3. The van der Waals surface area contributed by atoms with Crippen LogP contribution >= 0.6 is 0 Å². The monoisotopic (exact) mass is 350 g/mol. The number of methoxy groups -OCH3 is 1. The van der Waals surface area contributed by atoms with Gasteiger partial charge in [-0.25, -0.2) is 0 Å². The minimum atomic E-state index is -0.236. The fourth-order valence-corrected chi connectivity index (χ4v) is 3.23. The number of phenols is 1. The van der Waals surface area contributed by atoms with E-state index < -0.39 is 0 Å². The maximum atomic E-state index is 12.1. The number of phenolic OH excluding ortho intramolecular Hbond substituents is 1. The Kier molecular flexibility index (Phi) is 3.96. The number of fused-ring (bicyclic) bond motifs is 1. The topological polar surface area (TPSA) is 99.3 Å². The van der Waals surface area contributed by atoms with Gasteiger partial charge in [0.25, 0.3) is 0 Å². The molecule has 1 amide bonds. The van der Waals surface area contributed by atoms with Gasteiger partial charge in [-0.15, -0.1) is 0 Å². The Hall–Kier alpha value is -3.48. The maximum absolute atomic E-state index is 12.1. The van der Waals surface area contributed by atoms with Crippen molar-refractivity contribution in [1.82, 2.24) is 10.2 Å². The standard InChI is InChI=1S/C19H18N4O3/c1-26-15-8-7-11(9-14(15)24)13-10-16(25)21-19-17(13)18(22-23-19)20-12-5-3-2-4-6-12/h2-9,13,24H,10H2,1H3,(H3,20,21,22,23,25)/t13-/m1/s1. The smallest absolute Gasteiger partial charge is 0.226 e. The summed E-state index contributed by atoms with van der Waals surface area (Å²) >= 11 is 0. The molecule has 26 heavy (non-hydrogen) atoms. The maximum Gasteiger partial charge on any atom is 0.226 e. The van der Waals surface area contributed by atoms with Crippen LogP contribution in [0.15, 0.2) is 48.5 Å². The van der Waals surface area contributed by atoms with Crippen molar-refractivity contribution in [2.24, 2.45) is 0 Å². The van der Waals surface area contributed by atoms with Crippen molar-refractivity contribution in [2.45, 2.75) is 12.3 Å². The summed E-state index contributed by atoms with van der Waals surface area (Å²) in [6.45, 7) is 0. The summed E-state index contributed by atoms with van der Waals surface area (Å²) in [7, 11) is 1.50. The lowest BCUT2D eigenvalue weighted by molar-refractivity contribution is -0.116. The third-order valence-electron chi connectivity index (χ3n) is 4.45. The van der Waals surface area contributed by atoms with E-state index in [1.54, 1.807) is 12.1 Å². The number of nitrogens with one attached hydrogen (secondary N) is 3. The van der Waals surface area contributed by atoms with Crippen LogP contribution in [0.4, 0.5) is 17.3 Å². The number of nitrogens with zero attached hydrogens (tertiary/aromatic N) is 1. The molecule has 0 saturated heterocycles. The number of carbonyl (C=O) groups is 1. The van der Waals surface area contributed by atoms with Crippen LogP contribution in [0.3, 0.4) is 0 Å². The molecule has 2 aromatic carbocycles. The zero-order valence-corrected chi connectivity index (χ0v) is 14.1. The first-order chi connectivity index (χ1) is 12.7. The van der Waals surface area contributed by atoms with E-state index in [9.17, 15) is 9.90 Å². The van der Waals surface area contributed by atoms with E-state index in [0.717, 1.165) is 16.8 Å². The van der Waals surface area contributed by atoms with Crippen molar-refractivity contribution in [2.75, 3.05) is 17.7 Å². The van der Waals surface area contributed by atoms with Gasteiger partial charge in [0.1, 0.15) is 5.82 Å². The number of ether oxygens (including phenoxy) is 1. The minimum Gasteiger partial charge on any atom is -0.504 e. The summed E-state index contributed by atoms with van der Waals surface area (Å²) in [5, 5.41) is 23.4. The number of aromatic amines is 1. The molecule has 0 aliphatic carbocycles. The van der Waals surface area contributed by atoms with Crippen LogP contribution in [-0.2, 0) is 4.79 Å². The average molecular weight is 350 g/mol. The second-order valence-electron chi connectivity index (χ2n) is 6.09. The summed E-state index contributed by atoms with van der Waals surface area (Å²) in [5.41, 5.74) is 2.59. The van der Waals surface area contributed by atoms with Gasteiger partial charge in [-0.2, -0.15) is 5.10 Å². The molecule has 4 rings (SSSR count). The van der Waals surface area contributed by atoms with Crippen LogP contribution in [-0.4, -0.2) is 28.3 Å². The molecule has 0 radical (unpaired) electrons. The molecule has 1 aliphatic heterocycles. The van der Waals surface area contributed by atoms with Gasteiger partial charge in [0, 0.05) is 23.6 Å². The fourth-order valence-electron chi connectivity index (χ4n) is 3.23. The zero-order chi connectivity index (χ0) is 18.1. The molecule has 2 heterocycles. The van der Waals surface area contributed by atoms with Crippen molar-refractivity contribution in [3.63, 3.8) is 0 Å². The van der Waals surface area contributed by atoms with Gasteiger partial charge in [0.05, 0.1) is 7.11 Å². The first-order valence-corrected chi connectivity index (χ1v) is 8.23. The Morgan fingerprint density at radius 3 is 2.77 bits per heavy atom. The molecule has 3 aromatic rings. The van der Waals surface area contributed by atoms with E-state index in [1.807, 2.05) is 36.4 Å². The lowest BCUT2D eigenvalue weighted by Gasteiger charge is -2.24. The fraction of sp³-hybridized carbons (Fsp3) is 0.158. The minimum absolute atomic E-state index is 0.0404. The molecular weight excluding hydrogens is 332 g/mol. The molecule has 0 saturated carbocycles. The quantitative estimate of drug-likeness (QED) is 0.578. The number of para-hydroxylation sites is 1. The van der Waals surface area contributed by atoms with Crippen LogP contribution in [0.1, 0.15) is 23.5 Å². The van der Waals surface area contributed by atoms with Gasteiger partial charge in [-0.05, 0) is 29.8 Å². The van der Waals surface area contributed by atoms with Crippen LogP contribution in [0.2, 0.25) is 0 Å². The van der Waals surface area contributed by atoms with Crippen LogP contribution in [0, 0.1) is 0 Å². The number of rotatable bonds is 4. The third-order valence-corrected chi connectivity index (χ3v) is 4.45. The van der Waals surface area contributed by atoms with E-state index in [1.165, 1.54) is 7.11 Å². The Balaban J connectivity index is 1.75. The van der Waals surface area contributed by atoms with E-state index in [0.29, 0.717) is 17.4 Å². The molecule has 4 N–H and O–H groups in total. The molecule has 0 fully saturated rings. The first kappa shape index (κ1) is 16.0. The molecule has 132 valence electrons. The highest BCUT2D eigenvalue weighted by Gasteiger charge is 2.32.